The zero-order valence-electron chi connectivity index (χ0n) is 12.2. The number of hydrogen-bond acceptors (Lipinski definition) is 4. The molecule has 0 radical (unpaired) electrons. The summed E-state index contributed by atoms with van der Waals surface area (Å²) in [6.45, 7) is 6.22. The normalized spacial score (nSPS) is 21.0. The molecule has 1 aliphatic carbocycles. The minimum Gasteiger partial charge on any atom is -0.444 e. The van der Waals surface area contributed by atoms with Crippen LogP contribution >= 0.6 is 31.9 Å². The molecule has 1 saturated carbocycles. The van der Waals surface area contributed by atoms with Crippen molar-refractivity contribution in [3.8, 4) is 0 Å². The molecule has 1 aromatic heterocycles. The summed E-state index contributed by atoms with van der Waals surface area (Å²) in [5.74, 6) is 0. The van der Waals surface area contributed by atoms with E-state index >= 15 is 0 Å². The molecule has 2 rings (SSSR count). The Labute approximate surface area is 141 Å². The molecule has 2 atom stereocenters. The number of amides is 1. The van der Waals surface area contributed by atoms with Gasteiger partial charge in [0.05, 0.1) is 5.69 Å². The molecular formula is C14H19Br2N3O2. The molecule has 0 saturated heterocycles. The Balaban J connectivity index is 1.74. The van der Waals surface area contributed by atoms with Gasteiger partial charge in [-0.2, -0.15) is 0 Å². The number of aromatic nitrogens is 1. The predicted octanol–water partition coefficient (Wildman–Crippen LogP) is 3.36. The summed E-state index contributed by atoms with van der Waals surface area (Å²) in [5, 5.41) is 6.23. The zero-order chi connectivity index (χ0) is 15.6. The van der Waals surface area contributed by atoms with E-state index in [1.165, 1.54) is 0 Å². The molecule has 1 aliphatic rings. The van der Waals surface area contributed by atoms with Crippen molar-refractivity contribution < 1.29 is 9.53 Å². The molecule has 116 valence electrons. The number of ether oxygens (including phenoxy) is 1. The van der Waals surface area contributed by atoms with Gasteiger partial charge in [-0.05, 0) is 65.1 Å². The number of hydrogen-bond donors (Lipinski definition) is 2. The lowest BCUT2D eigenvalue weighted by Crippen LogP contribution is -2.36. The van der Waals surface area contributed by atoms with Crippen LogP contribution < -0.4 is 10.6 Å². The van der Waals surface area contributed by atoms with Gasteiger partial charge >= 0.3 is 6.09 Å². The van der Waals surface area contributed by atoms with Gasteiger partial charge in [0, 0.05) is 33.8 Å². The summed E-state index contributed by atoms with van der Waals surface area (Å²) < 4.78 is 7.13. The van der Waals surface area contributed by atoms with Crippen LogP contribution in [0.1, 0.15) is 32.9 Å². The molecule has 1 fully saturated rings. The highest BCUT2D eigenvalue weighted by Crippen LogP contribution is 2.24. The maximum Gasteiger partial charge on any atom is 0.407 e. The van der Waals surface area contributed by atoms with Gasteiger partial charge < -0.3 is 15.4 Å². The Morgan fingerprint density at radius 2 is 2.14 bits per heavy atom. The van der Waals surface area contributed by atoms with E-state index in [9.17, 15) is 4.79 Å². The van der Waals surface area contributed by atoms with Gasteiger partial charge in [0.15, 0.2) is 0 Å². The first-order valence-electron chi connectivity index (χ1n) is 6.77. The zero-order valence-corrected chi connectivity index (χ0v) is 15.4. The molecule has 1 aromatic rings. The van der Waals surface area contributed by atoms with Gasteiger partial charge in [0.2, 0.25) is 0 Å². The summed E-state index contributed by atoms with van der Waals surface area (Å²) in [6, 6.07) is 2.37. The van der Waals surface area contributed by atoms with E-state index in [0.29, 0.717) is 6.54 Å². The molecule has 0 aliphatic heterocycles. The predicted molar refractivity (Wildman–Crippen MR) is 88.0 cm³/mol. The Morgan fingerprint density at radius 1 is 1.43 bits per heavy atom. The molecule has 7 heteroatoms. The van der Waals surface area contributed by atoms with Gasteiger partial charge in [-0.15, -0.1) is 0 Å². The van der Waals surface area contributed by atoms with Crippen LogP contribution in [-0.2, 0) is 11.3 Å². The summed E-state index contributed by atoms with van der Waals surface area (Å²) in [6.07, 6.45) is 2.32. The Morgan fingerprint density at radius 3 is 2.76 bits per heavy atom. The third kappa shape index (κ3) is 5.56. The van der Waals surface area contributed by atoms with Gasteiger partial charge in [-0.3, -0.25) is 4.98 Å². The average Bonchev–Trinajstić information content (AvgIpc) is 3.03. The van der Waals surface area contributed by atoms with E-state index in [0.717, 1.165) is 21.1 Å². The van der Waals surface area contributed by atoms with Crippen molar-refractivity contribution in [3.63, 3.8) is 0 Å². The van der Waals surface area contributed by atoms with Crippen LogP contribution in [0.2, 0.25) is 0 Å². The average molecular weight is 421 g/mol. The Hall–Kier alpha value is -0.660. The van der Waals surface area contributed by atoms with Crippen molar-refractivity contribution in [2.45, 2.75) is 51.4 Å². The largest absolute Gasteiger partial charge is 0.444 e. The summed E-state index contributed by atoms with van der Waals surface area (Å²) >= 11 is 6.86. The van der Waals surface area contributed by atoms with Gasteiger partial charge in [0.1, 0.15) is 5.60 Å². The minimum atomic E-state index is -0.464. The van der Waals surface area contributed by atoms with E-state index in [2.05, 4.69) is 47.5 Å². The maximum absolute atomic E-state index is 11.6. The topological polar surface area (TPSA) is 63.2 Å². The number of alkyl carbamates (subject to hydrolysis) is 1. The van der Waals surface area contributed by atoms with E-state index < -0.39 is 5.60 Å². The fraction of sp³-hybridized carbons (Fsp3) is 0.571. The van der Waals surface area contributed by atoms with Crippen molar-refractivity contribution in [2.24, 2.45) is 0 Å². The van der Waals surface area contributed by atoms with E-state index in [-0.39, 0.29) is 18.2 Å². The van der Waals surface area contributed by atoms with Crippen LogP contribution in [0.5, 0.6) is 0 Å². The SMILES string of the molecule is CC(C)(C)OC(=O)NC1CC1NCc1ncc(Br)cc1Br. The lowest BCUT2D eigenvalue weighted by molar-refractivity contribution is 0.0522. The molecule has 2 N–H and O–H groups in total. The monoisotopic (exact) mass is 419 g/mol. The molecule has 1 amide bonds. The number of halogens is 2. The van der Waals surface area contributed by atoms with Crippen LogP contribution in [0.3, 0.4) is 0 Å². The highest BCUT2D eigenvalue weighted by molar-refractivity contribution is 9.11. The summed E-state index contributed by atoms with van der Waals surface area (Å²) in [5.41, 5.74) is 0.481. The van der Waals surface area contributed by atoms with Crippen molar-refractivity contribution in [3.05, 3.63) is 26.9 Å². The van der Waals surface area contributed by atoms with Crippen molar-refractivity contribution in [2.75, 3.05) is 0 Å². The van der Waals surface area contributed by atoms with Gasteiger partial charge in [-0.1, -0.05) is 0 Å². The van der Waals surface area contributed by atoms with E-state index in [1.54, 1.807) is 6.20 Å². The fourth-order valence-electron chi connectivity index (χ4n) is 1.84. The van der Waals surface area contributed by atoms with Crippen LogP contribution in [-0.4, -0.2) is 28.8 Å². The molecule has 0 spiro atoms. The minimum absolute atomic E-state index is 0.133. The Bertz CT molecular complexity index is 531. The van der Waals surface area contributed by atoms with Crippen LogP contribution in [0, 0.1) is 0 Å². The molecule has 5 nitrogen and oxygen atoms in total. The number of nitrogens with zero attached hydrogens (tertiary/aromatic N) is 1. The molecule has 21 heavy (non-hydrogen) atoms. The van der Waals surface area contributed by atoms with Crippen LogP contribution in [0.4, 0.5) is 4.79 Å². The second kappa shape index (κ2) is 6.62. The van der Waals surface area contributed by atoms with Crippen molar-refractivity contribution >= 4 is 38.0 Å². The smallest absolute Gasteiger partial charge is 0.407 e. The second-order valence-electron chi connectivity index (χ2n) is 6.06. The third-order valence-electron chi connectivity index (χ3n) is 2.91. The maximum atomic E-state index is 11.6. The van der Waals surface area contributed by atoms with E-state index in [4.69, 9.17) is 4.74 Å². The second-order valence-corrected chi connectivity index (χ2v) is 7.83. The lowest BCUT2D eigenvalue weighted by atomic mass is 10.2. The highest BCUT2D eigenvalue weighted by Gasteiger charge is 2.39. The summed E-state index contributed by atoms with van der Waals surface area (Å²) in [4.78, 5) is 16.0. The lowest BCUT2D eigenvalue weighted by Gasteiger charge is -2.19. The first-order chi connectivity index (χ1) is 9.74. The van der Waals surface area contributed by atoms with Gasteiger partial charge in [0.25, 0.3) is 0 Å². The molecule has 0 aromatic carbocycles. The number of carbonyl (C=O) groups is 1. The quantitative estimate of drug-likeness (QED) is 0.783. The Kier molecular flexibility index (Phi) is 5.27. The number of nitrogens with one attached hydrogen (secondary N) is 2. The number of carbonyl (C=O) groups excluding carboxylic acids is 1. The first kappa shape index (κ1) is 16.7. The standard InChI is InChI=1S/C14H19Br2N3O2/c1-14(2,3)21-13(20)19-11-5-10(11)18-7-12-9(16)4-8(15)6-17-12/h4,6,10-11,18H,5,7H2,1-3H3,(H,19,20). The molecule has 1 heterocycles. The van der Waals surface area contributed by atoms with Crippen molar-refractivity contribution in [1.29, 1.82) is 0 Å². The third-order valence-corrected chi connectivity index (χ3v) is 4.03. The fourth-order valence-corrected chi connectivity index (χ4v) is 2.97. The number of rotatable bonds is 4. The van der Waals surface area contributed by atoms with E-state index in [1.807, 2.05) is 26.8 Å². The highest BCUT2D eigenvalue weighted by atomic mass is 79.9. The molecule has 2 unspecified atom stereocenters. The molecule has 0 bridgehead atoms. The molecular weight excluding hydrogens is 402 g/mol. The first-order valence-corrected chi connectivity index (χ1v) is 8.36. The van der Waals surface area contributed by atoms with Crippen molar-refractivity contribution in [1.82, 2.24) is 15.6 Å². The van der Waals surface area contributed by atoms with Crippen LogP contribution in [0.15, 0.2) is 21.2 Å². The van der Waals surface area contributed by atoms with Crippen LogP contribution in [0.25, 0.3) is 0 Å². The van der Waals surface area contributed by atoms with Gasteiger partial charge in [-0.25, -0.2) is 4.79 Å². The number of pyridine rings is 1. The summed E-state index contributed by atoms with van der Waals surface area (Å²) in [7, 11) is 0.